The predicted molar refractivity (Wildman–Crippen MR) is 89.3 cm³/mol. The molecule has 0 unspecified atom stereocenters. The maximum atomic E-state index is 12.8. The van der Waals surface area contributed by atoms with E-state index in [1.54, 1.807) is 12.1 Å². The van der Waals surface area contributed by atoms with Crippen LogP contribution >= 0.6 is 0 Å². The number of hydrogen-bond donors (Lipinski definition) is 2. The number of amides is 1. The summed E-state index contributed by atoms with van der Waals surface area (Å²) >= 11 is 0. The third-order valence-electron chi connectivity index (χ3n) is 4.09. The Hall–Kier alpha value is -2.34. The van der Waals surface area contributed by atoms with Crippen molar-refractivity contribution in [2.45, 2.75) is 38.8 Å². The molecule has 0 saturated carbocycles. The summed E-state index contributed by atoms with van der Waals surface area (Å²) in [6.07, 6.45) is 1.55. The monoisotopic (exact) mass is 334 g/mol. The van der Waals surface area contributed by atoms with Crippen LogP contribution in [0.2, 0.25) is 0 Å². The zero-order chi connectivity index (χ0) is 17.6. The first-order valence-electron chi connectivity index (χ1n) is 8.00. The highest BCUT2D eigenvalue weighted by molar-refractivity contribution is 5.91. The number of rotatable bonds is 8. The topological polar surface area (TPSA) is 77.5 Å². The van der Waals surface area contributed by atoms with E-state index in [9.17, 15) is 9.18 Å². The maximum absolute atomic E-state index is 12.8. The minimum Gasteiger partial charge on any atom is -0.486 e. The van der Waals surface area contributed by atoms with Crippen molar-refractivity contribution < 1.29 is 18.3 Å². The van der Waals surface area contributed by atoms with Gasteiger partial charge in [0.2, 0.25) is 0 Å². The molecular formula is C18H23FN2O3. The van der Waals surface area contributed by atoms with Gasteiger partial charge < -0.3 is 20.2 Å². The van der Waals surface area contributed by atoms with E-state index in [0.29, 0.717) is 18.1 Å². The van der Waals surface area contributed by atoms with Crippen LogP contribution < -0.4 is 15.8 Å². The van der Waals surface area contributed by atoms with Crippen molar-refractivity contribution in [3.63, 3.8) is 0 Å². The Balaban J connectivity index is 1.87. The van der Waals surface area contributed by atoms with Crippen molar-refractivity contribution >= 4 is 5.91 Å². The molecule has 5 nitrogen and oxygen atoms in total. The summed E-state index contributed by atoms with van der Waals surface area (Å²) in [6.45, 7) is 4.53. The molecule has 0 aliphatic carbocycles. The van der Waals surface area contributed by atoms with Crippen molar-refractivity contribution in [1.82, 2.24) is 5.32 Å². The van der Waals surface area contributed by atoms with Crippen LogP contribution in [0.25, 0.3) is 0 Å². The van der Waals surface area contributed by atoms with Gasteiger partial charge in [-0.25, -0.2) is 4.39 Å². The molecule has 0 aliphatic rings. The average molecular weight is 334 g/mol. The smallest absolute Gasteiger partial charge is 0.287 e. The molecule has 2 aromatic rings. The lowest BCUT2D eigenvalue weighted by Gasteiger charge is -2.26. The normalized spacial score (nSPS) is 11.3. The largest absolute Gasteiger partial charge is 0.486 e. The van der Waals surface area contributed by atoms with Crippen LogP contribution in [0.15, 0.2) is 40.8 Å². The van der Waals surface area contributed by atoms with Crippen LogP contribution in [-0.2, 0) is 6.61 Å². The van der Waals surface area contributed by atoms with Crippen LogP contribution in [0.3, 0.4) is 0 Å². The fraction of sp³-hybridized carbons (Fsp3) is 0.389. The molecule has 130 valence electrons. The van der Waals surface area contributed by atoms with Crippen molar-refractivity contribution in [1.29, 1.82) is 0 Å². The van der Waals surface area contributed by atoms with Gasteiger partial charge >= 0.3 is 0 Å². The summed E-state index contributed by atoms with van der Waals surface area (Å²) in [5.74, 6) is 0.614. The molecule has 6 heteroatoms. The molecule has 1 aromatic heterocycles. The molecule has 0 radical (unpaired) electrons. The fourth-order valence-corrected chi connectivity index (χ4v) is 2.11. The highest BCUT2D eigenvalue weighted by Gasteiger charge is 2.22. The van der Waals surface area contributed by atoms with Crippen LogP contribution in [-0.4, -0.2) is 18.0 Å². The van der Waals surface area contributed by atoms with Gasteiger partial charge in [-0.2, -0.15) is 0 Å². The molecule has 0 fully saturated rings. The number of halogens is 1. The minimum absolute atomic E-state index is 0.156. The number of furan rings is 1. The number of hydrogen-bond acceptors (Lipinski definition) is 4. The van der Waals surface area contributed by atoms with Crippen molar-refractivity contribution in [2.75, 3.05) is 6.54 Å². The summed E-state index contributed by atoms with van der Waals surface area (Å²) < 4.78 is 23.8. The molecule has 1 heterocycles. The standard InChI is InChI=1S/C18H23FN2O3/c1-3-18(20,4-2)12-21-17(22)16-10-9-15(24-16)11-23-14-7-5-13(19)6-8-14/h5-10H,3-4,11-12,20H2,1-2H3,(H,21,22). The Morgan fingerprint density at radius 2 is 1.88 bits per heavy atom. The summed E-state index contributed by atoms with van der Waals surface area (Å²) in [5.41, 5.74) is 5.75. The number of ether oxygens (including phenoxy) is 1. The molecule has 1 aromatic carbocycles. The van der Waals surface area contributed by atoms with E-state index in [4.69, 9.17) is 14.9 Å². The van der Waals surface area contributed by atoms with E-state index in [1.807, 2.05) is 13.8 Å². The van der Waals surface area contributed by atoms with E-state index in [1.165, 1.54) is 24.3 Å². The molecule has 2 rings (SSSR count). The molecule has 0 atom stereocenters. The molecular weight excluding hydrogens is 311 g/mol. The second kappa shape index (κ2) is 7.97. The van der Waals surface area contributed by atoms with Crippen molar-refractivity contribution in [2.24, 2.45) is 5.73 Å². The van der Waals surface area contributed by atoms with Gasteiger partial charge in [-0.15, -0.1) is 0 Å². The quantitative estimate of drug-likeness (QED) is 0.777. The Kier molecular flexibility index (Phi) is 5.98. The molecule has 1 amide bonds. The zero-order valence-electron chi connectivity index (χ0n) is 14.0. The van der Waals surface area contributed by atoms with Gasteiger partial charge in [0.1, 0.15) is 23.9 Å². The Morgan fingerprint density at radius 3 is 2.50 bits per heavy atom. The van der Waals surface area contributed by atoms with Gasteiger partial charge in [0, 0.05) is 12.1 Å². The van der Waals surface area contributed by atoms with Gasteiger partial charge in [0.25, 0.3) is 5.91 Å². The zero-order valence-corrected chi connectivity index (χ0v) is 14.0. The highest BCUT2D eigenvalue weighted by atomic mass is 19.1. The maximum Gasteiger partial charge on any atom is 0.287 e. The lowest BCUT2D eigenvalue weighted by Crippen LogP contribution is -2.49. The van der Waals surface area contributed by atoms with E-state index in [-0.39, 0.29) is 24.1 Å². The van der Waals surface area contributed by atoms with Crippen LogP contribution in [0.5, 0.6) is 5.75 Å². The molecule has 0 spiro atoms. The number of benzene rings is 1. The number of nitrogens with one attached hydrogen (secondary N) is 1. The van der Waals surface area contributed by atoms with Crippen molar-refractivity contribution in [3.8, 4) is 5.75 Å². The van der Waals surface area contributed by atoms with Crippen LogP contribution in [0, 0.1) is 5.82 Å². The molecule has 0 aliphatic heterocycles. The first kappa shape index (κ1) is 18.0. The molecule has 0 bridgehead atoms. The third-order valence-corrected chi connectivity index (χ3v) is 4.09. The average Bonchev–Trinajstić information content (AvgIpc) is 3.08. The van der Waals surface area contributed by atoms with E-state index in [0.717, 1.165) is 12.8 Å². The van der Waals surface area contributed by atoms with E-state index in [2.05, 4.69) is 5.32 Å². The number of nitrogens with two attached hydrogens (primary N) is 1. The van der Waals surface area contributed by atoms with Crippen LogP contribution in [0.1, 0.15) is 43.0 Å². The number of carbonyl (C=O) groups excluding carboxylic acids is 1. The highest BCUT2D eigenvalue weighted by Crippen LogP contribution is 2.15. The summed E-state index contributed by atoms with van der Waals surface area (Å²) in [5, 5.41) is 2.79. The van der Waals surface area contributed by atoms with Gasteiger partial charge in [-0.1, -0.05) is 13.8 Å². The van der Waals surface area contributed by atoms with Gasteiger partial charge in [-0.05, 0) is 49.2 Å². The van der Waals surface area contributed by atoms with Crippen molar-refractivity contribution in [3.05, 3.63) is 53.7 Å². The SMILES string of the molecule is CCC(N)(CC)CNC(=O)c1ccc(COc2ccc(F)cc2)o1. The lowest BCUT2D eigenvalue weighted by molar-refractivity contribution is 0.0910. The summed E-state index contributed by atoms with van der Waals surface area (Å²) in [4.78, 5) is 12.1. The van der Waals surface area contributed by atoms with Gasteiger partial charge in [-0.3, -0.25) is 4.79 Å². The summed E-state index contributed by atoms with van der Waals surface area (Å²) in [7, 11) is 0. The molecule has 24 heavy (non-hydrogen) atoms. The number of carbonyl (C=O) groups is 1. The second-order valence-corrected chi connectivity index (χ2v) is 5.76. The molecule has 3 N–H and O–H groups in total. The summed E-state index contributed by atoms with van der Waals surface area (Å²) in [6, 6.07) is 8.96. The Morgan fingerprint density at radius 1 is 1.21 bits per heavy atom. The second-order valence-electron chi connectivity index (χ2n) is 5.76. The van der Waals surface area contributed by atoms with Crippen LogP contribution in [0.4, 0.5) is 4.39 Å². The van der Waals surface area contributed by atoms with E-state index < -0.39 is 5.54 Å². The Labute approximate surface area is 141 Å². The van der Waals surface area contributed by atoms with E-state index >= 15 is 0 Å². The first-order chi connectivity index (χ1) is 11.5. The first-order valence-corrected chi connectivity index (χ1v) is 8.00. The molecule has 0 saturated heterocycles. The predicted octanol–water partition coefficient (Wildman–Crippen LogP) is 3.25. The Bertz CT molecular complexity index is 663. The van der Waals surface area contributed by atoms with Gasteiger partial charge in [0.05, 0.1) is 0 Å². The fourth-order valence-electron chi connectivity index (χ4n) is 2.11. The van der Waals surface area contributed by atoms with Gasteiger partial charge in [0.15, 0.2) is 5.76 Å². The lowest BCUT2D eigenvalue weighted by atomic mass is 9.94. The third kappa shape index (κ3) is 4.83. The minimum atomic E-state index is -0.406.